The average Bonchev–Trinajstić information content (AvgIpc) is 3.08. The van der Waals surface area contributed by atoms with E-state index in [1.807, 2.05) is 30.9 Å². The number of halogens is 1. The maximum absolute atomic E-state index is 11.8. The van der Waals surface area contributed by atoms with Gasteiger partial charge in [-0.05, 0) is 18.9 Å². The Morgan fingerprint density at radius 2 is 2.24 bits per heavy atom. The van der Waals surface area contributed by atoms with Crippen molar-refractivity contribution in [2.75, 3.05) is 26.7 Å². The van der Waals surface area contributed by atoms with Crippen molar-refractivity contribution in [3.05, 3.63) is 23.9 Å². The molecule has 1 aromatic rings. The van der Waals surface area contributed by atoms with Gasteiger partial charge in [0.2, 0.25) is 11.8 Å². The third-order valence-corrected chi connectivity index (χ3v) is 3.95. The number of pyridine rings is 1. The Morgan fingerprint density at radius 1 is 1.44 bits per heavy atom. The topological polar surface area (TPSA) is 78.9 Å². The van der Waals surface area contributed by atoms with Crippen LogP contribution in [0.3, 0.4) is 0 Å². The fourth-order valence-electron chi connectivity index (χ4n) is 2.64. The molecule has 2 heterocycles. The molecule has 8 heteroatoms. The summed E-state index contributed by atoms with van der Waals surface area (Å²) < 4.78 is 5.06. The lowest BCUT2D eigenvalue weighted by Gasteiger charge is -2.18. The maximum Gasteiger partial charge on any atom is 0.222 e. The summed E-state index contributed by atoms with van der Waals surface area (Å²) in [6, 6.07) is 4.03. The van der Waals surface area contributed by atoms with Crippen molar-refractivity contribution >= 4 is 35.8 Å². The quantitative estimate of drug-likeness (QED) is 0.384. The van der Waals surface area contributed by atoms with Crippen molar-refractivity contribution in [1.29, 1.82) is 0 Å². The monoisotopic (exact) mass is 461 g/mol. The van der Waals surface area contributed by atoms with Gasteiger partial charge in [0.25, 0.3) is 0 Å². The Hall–Kier alpha value is -1.58. The van der Waals surface area contributed by atoms with Crippen LogP contribution in [0.1, 0.15) is 32.3 Å². The van der Waals surface area contributed by atoms with Gasteiger partial charge in [-0.3, -0.25) is 4.79 Å². The smallest absolute Gasteiger partial charge is 0.222 e. The normalized spacial score (nSPS) is 17.0. The van der Waals surface area contributed by atoms with Crippen molar-refractivity contribution < 1.29 is 9.53 Å². The van der Waals surface area contributed by atoms with Crippen molar-refractivity contribution in [2.45, 2.75) is 39.3 Å². The Labute approximate surface area is 166 Å². The van der Waals surface area contributed by atoms with Gasteiger partial charge in [0.05, 0.1) is 13.7 Å². The summed E-state index contributed by atoms with van der Waals surface area (Å²) in [5.41, 5.74) is 1.02. The summed E-state index contributed by atoms with van der Waals surface area (Å²) in [5.74, 6) is 1.58. The van der Waals surface area contributed by atoms with Gasteiger partial charge >= 0.3 is 0 Å². The lowest BCUT2D eigenvalue weighted by Crippen LogP contribution is -2.45. The van der Waals surface area contributed by atoms with Crippen LogP contribution in [-0.2, 0) is 11.3 Å². The molecular formula is C17H28IN5O2. The molecule has 140 valence electrons. The standard InChI is InChI=1S/C17H27N5O2.HI/c1-4-16(23)22-9-8-14(12-22)21-17(18-5-2)20-11-13-6-7-15(24-3)19-10-13;/h6-7,10,14H,4-5,8-9,11-12H2,1-3H3,(H2,18,20,21);1H. The largest absolute Gasteiger partial charge is 0.481 e. The minimum atomic E-state index is 0. The van der Waals surface area contributed by atoms with E-state index >= 15 is 0 Å². The number of nitrogens with one attached hydrogen (secondary N) is 2. The maximum atomic E-state index is 11.8. The molecule has 1 unspecified atom stereocenters. The van der Waals surface area contributed by atoms with Crippen LogP contribution < -0.4 is 15.4 Å². The van der Waals surface area contributed by atoms with Gasteiger partial charge in [0.1, 0.15) is 0 Å². The van der Waals surface area contributed by atoms with E-state index in [1.54, 1.807) is 13.3 Å². The highest BCUT2D eigenvalue weighted by Gasteiger charge is 2.25. The highest BCUT2D eigenvalue weighted by molar-refractivity contribution is 14.0. The zero-order valence-corrected chi connectivity index (χ0v) is 17.4. The molecule has 2 rings (SSSR count). The molecule has 25 heavy (non-hydrogen) atoms. The second-order valence-electron chi connectivity index (χ2n) is 5.73. The highest BCUT2D eigenvalue weighted by atomic mass is 127. The van der Waals surface area contributed by atoms with Crippen LogP contribution in [-0.4, -0.2) is 54.5 Å². The fourth-order valence-corrected chi connectivity index (χ4v) is 2.64. The molecule has 1 atom stereocenters. The molecule has 0 radical (unpaired) electrons. The first-order chi connectivity index (χ1) is 11.7. The summed E-state index contributed by atoms with van der Waals surface area (Å²) in [4.78, 5) is 22.5. The predicted molar refractivity (Wildman–Crippen MR) is 109 cm³/mol. The van der Waals surface area contributed by atoms with Gasteiger partial charge in [-0.2, -0.15) is 0 Å². The molecule has 0 aromatic carbocycles. The highest BCUT2D eigenvalue weighted by Crippen LogP contribution is 2.11. The van der Waals surface area contributed by atoms with E-state index in [0.717, 1.165) is 37.6 Å². The first-order valence-electron chi connectivity index (χ1n) is 8.47. The van der Waals surface area contributed by atoms with Gasteiger partial charge in [0.15, 0.2) is 5.96 Å². The van der Waals surface area contributed by atoms with E-state index in [9.17, 15) is 4.79 Å². The van der Waals surface area contributed by atoms with Crippen LogP contribution in [0.2, 0.25) is 0 Å². The molecule has 7 nitrogen and oxygen atoms in total. The van der Waals surface area contributed by atoms with Gasteiger partial charge < -0.3 is 20.3 Å². The first kappa shape index (κ1) is 21.5. The fraction of sp³-hybridized carbons (Fsp3) is 0.588. The molecule has 2 N–H and O–H groups in total. The number of nitrogens with zero attached hydrogens (tertiary/aromatic N) is 3. The number of carbonyl (C=O) groups is 1. The number of amides is 1. The molecule has 0 spiro atoms. The van der Waals surface area contributed by atoms with E-state index in [2.05, 4.69) is 20.6 Å². The van der Waals surface area contributed by atoms with Gasteiger partial charge in [-0.25, -0.2) is 9.98 Å². The van der Waals surface area contributed by atoms with Crippen molar-refractivity contribution in [3.8, 4) is 5.88 Å². The predicted octanol–water partition coefficient (Wildman–Crippen LogP) is 1.77. The molecule has 1 aromatic heterocycles. The number of carbonyl (C=O) groups excluding carboxylic acids is 1. The Bertz CT molecular complexity index is 565. The molecular weight excluding hydrogens is 433 g/mol. The Morgan fingerprint density at radius 3 is 2.84 bits per heavy atom. The number of aliphatic imine (C=N–C) groups is 1. The van der Waals surface area contributed by atoms with Gasteiger partial charge in [0, 0.05) is 44.4 Å². The van der Waals surface area contributed by atoms with E-state index in [1.165, 1.54) is 0 Å². The molecule has 1 aliphatic heterocycles. The lowest BCUT2D eigenvalue weighted by molar-refractivity contribution is -0.129. The van der Waals surface area contributed by atoms with Crippen LogP contribution >= 0.6 is 24.0 Å². The Kier molecular flexibility index (Phi) is 9.54. The van der Waals surface area contributed by atoms with E-state index in [4.69, 9.17) is 4.74 Å². The molecule has 1 fully saturated rings. The van der Waals surface area contributed by atoms with Crippen LogP contribution in [0.15, 0.2) is 23.3 Å². The van der Waals surface area contributed by atoms with Gasteiger partial charge in [-0.1, -0.05) is 13.0 Å². The Balaban J connectivity index is 0.00000312. The van der Waals surface area contributed by atoms with E-state index < -0.39 is 0 Å². The number of hydrogen-bond acceptors (Lipinski definition) is 4. The van der Waals surface area contributed by atoms with Crippen LogP contribution in [0.5, 0.6) is 5.88 Å². The summed E-state index contributed by atoms with van der Waals surface area (Å²) in [5, 5.41) is 6.67. The summed E-state index contributed by atoms with van der Waals surface area (Å²) in [7, 11) is 1.60. The minimum absolute atomic E-state index is 0. The van der Waals surface area contributed by atoms with Gasteiger partial charge in [-0.15, -0.1) is 24.0 Å². The first-order valence-corrected chi connectivity index (χ1v) is 8.47. The molecule has 1 saturated heterocycles. The number of hydrogen-bond donors (Lipinski definition) is 2. The second kappa shape index (κ2) is 11.1. The van der Waals surface area contributed by atoms with Crippen LogP contribution in [0.25, 0.3) is 0 Å². The number of rotatable bonds is 6. The SMILES string of the molecule is CCNC(=NCc1ccc(OC)nc1)NC1CCN(C(=O)CC)C1.I. The van der Waals surface area contributed by atoms with Crippen molar-refractivity contribution in [1.82, 2.24) is 20.5 Å². The molecule has 0 aliphatic carbocycles. The third kappa shape index (κ3) is 6.68. The van der Waals surface area contributed by atoms with Crippen molar-refractivity contribution in [3.63, 3.8) is 0 Å². The average molecular weight is 461 g/mol. The molecule has 1 aliphatic rings. The molecule has 0 bridgehead atoms. The zero-order chi connectivity index (χ0) is 17.4. The lowest BCUT2D eigenvalue weighted by atomic mass is 10.2. The number of guanidine groups is 1. The van der Waals surface area contributed by atoms with Crippen LogP contribution in [0.4, 0.5) is 0 Å². The summed E-state index contributed by atoms with van der Waals surface area (Å²) >= 11 is 0. The second-order valence-corrected chi connectivity index (χ2v) is 5.73. The third-order valence-electron chi connectivity index (χ3n) is 3.95. The minimum Gasteiger partial charge on any atom is -0.481 e. The number of ether oxygens (including phenoxy) is 1. The van der Waals surface area contributed by atoms with E-state index in [0.29, 0.717) is 18.8 Å². The number of methoxy groups -OCH3 is 1. The van der Waals surface area contributed by atoms with E-state index in [-0.39, 0.29) is 35.9 Å². The number of aromatic nitrogens is 1. The molecule has 0 saturated carbocycles. The zero-order valence-electron chi connectivity index (χ0n) is 15.1. The molecule has 1 amide bonds. The summed E-state index contributed by atoms with van der Waals surface area (Å²) in [6.07, 6.45) is 3.27. The summed E-state index contributed by atoms with van der Waals surface area (Å²) in [6.45, 7) is 6.81. The van der Waals surface area contributed by atoms with Crippen molar-refractivity contribution in [2.24, 2.45) is 4.99 Å². The number of likely N-dealkylation sites (tertiary alicyclic amines) is 1. The van der Waals surface area contributed by atoms with Crippen LogP contribution in [0, 0.1) is 0 Å².